The zero-order chi connectivity index (χ0) is 10.4. The molecule has 1 unspecified atom stereocenters. The predicted molar refractivity (Wildman–Crippen MR) is 61.1 cm³/mol. The van der Waals surface area contributed by atoms with Gasteiger partial charge in [-0.2, -0.15) is 0 Å². The number of nitrogens with two attached hydrogens (primary N) is 1. The first-order chi connectivity index (χ1) is 6.41. The van der Waals surface area contributed by atoms with Gasteiger partial charge in [-0.1, -0.05) is 20.8 Å². The number of rotatable bonds is 4. The van der Waals surface area contributed by atoms with Crippen LogP contribution in [0.4, 0.5) is 0 Å². The van der Waals surface area contributed by atoms with E-state index in [4.69, 9.17) is 5.73 Å². The van der Waals surface area contributed by atoms with Gasteiger partial charge in [0.05, 0.1) is 0 Å². The lowest BCUT2D eigenvalue weighted by atomic mass is 9.74. The summed E-state index contributed by atoms with van der Waals surface area (Å²) >= 11 is 0. The maximum atomic E-state index is 6.16. The van der Waals surface area contributed by atoms with Crippen LogP contribution in [-0.2, 0) is 0 Å². The van der Waals surface area contributed by atoms with E-state index >= 15 is 0 Å². The highest BCUT2D eigenvalue weighted by Crippen LogP contribution is 2.49. The Balaban J connectivity index is 1.84. The Kier molecular flexibility index (Phi) is 2.42. The highest BCUT2D eigenvalue weighted by Gasteiger charge is 2.42. The van der Waals surface area contributed by atoms with E-state index in [9.17, 15) is 0 Å². The molecular formula is C13H25N. The van der Waals surface area contributed by atoms with Crippen LogP contribution in [0.1, 0.15) is 59.3 Å². The van der Waals surface area contributed by atoms with E-state index in [1.54, 1.807) is 0 Å². The Hall–Kier alpha value is -0.0400. The molecule has 2 fully saturated rings. The van der Waals surface area contributed by atoms with Crippen LogP contribution in [-0.4, -0.2) is 5.54 Å². The number of hydrogen-bond donors (Lipinski definition) is 1. The summed E-state index contributed by atoms with van der Waals surface area (Å²) < 4.78 is 0. The van der Waals surface area contributed by atoms with Gasteiger partial charge in [-0.25, -0.2) is 0 Å². The van der Waals surface area contributed by atoms with Crippen molar-refractivity contribution in [1.82, 2.24) is 0 Å². The van der Waals surface area contributed by atoms with Gasteiger partial charge in [0, 0.05) is 5.54 Å². The van der Waals surface area contributed by atoms with Gasteiger partial charge in [-0.05, 0) is 55.8 Å². The smallest absolute Gasteiger partial charge is 0.0155 e. The summed E-state index contributed by atoms with van der Waals surface area (Å²) in [5.41, 5.74) is 6.91. The third kappa shape index (κ3) is 2.50. The van der Waals surface area contributed by atoms with Gasteiger partial charge in [-0.15, -0.1) is 0 Å². The van der Waals surface area contributed by atoms with Crippen LogP contribution < -0.4 is 5.73 Å². The van der Waals surface area contributed by atoms with Crippen LogP contribution in [0.25, 0.3) is 0 Å². The minimum Gasteiger partial charge on any atom is -0.325 e. The molecule has 2 aliphatic rings. The molecule has 2 N–H and O–H groups in total. The first-order valence-corrected chi connectivity index (χ1v) is 6.20. The fourth-order valence-corrected chi connectivity index (χ4v) is 2.73. The predicted octanol–water partition coefficient (Wildman–Crippen LogP) is 3.33. The van der Waals surface area contributed by atoms with Crippen molar-refractivity contribution in [3.63, 3.8) is 0 Å². The van der Waals surface area contributed by atoms with Gasteiger partial charge in [-0.3, -0.25) is 0 Å². The normalized spacial score (nSPS) is 27.4. The fraction of sp³-hybridized carbons (Fsp3) is 1.00. The second kappa shape index (κ2) is 3.23. The molecule has 1 atom stereocenters. The van der Waals surface area contributed by atoms with Crippen LogP contribution in [0.5, 0.6) is 0 Å². The van der Waals surface area contributed by atoms with Gasteiger partial charge < -0.3 is 5.73 Å². The molecule has 0 aromatic heterocycles. The lowest BCUT2D eigenvalue weighted by Crippen LogP contribution is -2.27. The Labute approximate surface area is 88.4 Å². The molecule has 2 rings (SSSR count). The van der Waals surface area contributed by atoms with Crippen molar-refractivity contribution >= 4 is 0 Å². The van der Waals surface area contributed by atoms with Gasteiger partial charge in [0.2, 0.25) is 0 Å². The quantitative estimate of drug-likeness (QED) is 0.731. The highest BCUT2D eigenvalue weighted by atomic mass is 14.8. The molecule has 0 bridgehead atoms. The molecule has 2 saturated carbocycles. The molecule has 1 nitrogen and oxygen atoms in total. The number of hydrogen-bond acceptors (Lipinski definition) is 1. The average molecular weight is 195 g/mol. The van der Waals surface area contributed by atoms with Crippen molar-refractivity contribution in [3.8, 4) is 0 Å². The maximum Gasteiger partial charge on any atom is 0.0155 e. The molecular weight excluding hydrogens is 170 g/mol. The molecule has 0 spiro atoms. The van der Waals surface area contributed by atoms with E-state index in [1.807, 2.05) is 0 Å². The first kappa shape index (κ1) is 10.5. The van der Waals surface area contributed by atoms with Crippen molar-refractivity contribution in [3.05, 3.63) is 0 Å². The van der Waals surface area contributed by atoms with Gasteiger partial charge in [0.1, 0.15) is 0 Å². The van der Waals surface area contributed by atoms with E-state index in [-0.39, 0.29) is 5.54 Å². The van der Waals surface area contributed by atoms with Crippen LogP contribution in [0, 0.1) is 17.3 Å². The summed E-state index contributed by atoms with van der Waals surface area (Å²) in [4.78, 5) is 0. The Morgan fingerprint density at radius 2 is 1.86 bits per heavy atom. The maximum absolute atomic E-state index is 6.16. The third-order valence-electron chi connectivity index (χ3n) is 4.15. The molecule has 0 aromatic carbocycles. The molecule has 0 amide bonds. The molecule has 0 saturated heterocycles. The molecule has 2 aliphatic carbocycles. The van der Waals surface area contributed by atoms with E-state index in [1.165, 1.54) is 38.5 Å². The lowest BCUT2D eigenvalue weighted by molar-refractivity contribution is 0.188. The van der Waals surface area contributed by atoms with Crippen molar-refractivity contribution in [2.45, 2.75) is 64.8 Å². The highest BCUT2D eigenvalue weighted by molar-refractivity contribution is 5.00. The van der Waals surface area contributed by atoms with E-state index in [0.717, 1.165) is 11.8 Å². The largest absolute Gasteiger partial charge is 0.325 e. The molecule has 0 aromatic rings. The molecule has 14 heavy (non-hydrogen) atoms. The molecule has 82 valence electrons. The lowest BCUT2D eigenvalue weighted by Gasteiger charge is -2.31. The van der Waals surface area contributed by atoms with Crippen molar-refractivity contribution < 1.29 is 0 Å². The second-order valence-corrected chi connectivity index (χ2v) is 6.71. The van der Waals surface area contributed by atoms with Crippen LogP contribution in [0.15, 0.2) is 0 Å². The van der Waals surface area contributed by atoms with Crippen molar-refractivity contribution in [2.75, 3.05) is 0 Å². The van der Waals surface area contributed by atoms with Gasteiger partial charge in [0.15, 0.2) is 0 Å². The monoisotopic (exact) mass is 195 g/mol. The fourth-order valence-electron chi connectivity index (χ4n) is 2.73. The van der Waals surface area contributed by atoms with Crippen molar-refractivity contribution in [2.24, 2.45) is 23.0 Å². The summed E-state index contributed by atoms with van der Waals surface area (Å²) in [6, 6.07) is 0. The molecule has 0 aliphatic heterocycles. The average Bonchev–Trinajstić information content (AvgIpc) is 2.86. The zero-order valence-corrected chi connectivity index (χ0v) is 9.97. The minimum absolute atomic E-state index is 0.262. The van der Waals surface area contributed by atoms with Crippen LogP contribution in [0.2, 0.25) is 0 Å². The van der Waals surface area contributed by atoms with E-state index < -0.39 is 0 Å². The Morgan fingerprint density at radius 3 is 2.21 bits per heavy atom. The zero-order valence-electron chi connectivity index (χ0n) is 9.97. The SMILES string of the molecule is CC(C)(C)C(CCC1(N)CC1)C1CC1. The summed E-state index contributed by atoms with van der Waals surface area (Å²) in [5, 5.41) is 0. The third-order valence-corrected chi connectivity index (χ3v) is 4.15. The standard InChI is InChI=1S/C13H25N/c1-12(2,3)11(10-4-5-10)6-7-13(14)8-9-13/h10-11H,4-9,14H2,1-3H3. The molecule has 0 radical (unpaired) electrons. The van der Waals surface area contributed by atoms with Gasteiger partial charge >= 0.3 is 0 Å². The first-order valence-electron chi connectivity index (χ1n) is 6.20. The molecule has 1 heteroatoms. The topological polar surface area (TPSA) is 26.0 Å². The Bertz CT molecular complexity index is 206. The second-order valence-electron chi connectivity index (χ2n) is 6.71. The summed E-state index contributed by atoms with van der Waals surface area (Å²) in [6.45, 7) is 7.18. The van der Waals surface area contributed by atoms with Crippen LogP contribution >= 0.6 is 0 Å². The van der Waals surface area contributed by atoms with Gasteiger partial charge in [0.25, 0.3) is 0 Å². The minimum atomic E-state index is 0.262. The summed E-state index contributed by atoms with van der Waals surface area (Å²) in [5.74, 6) is 1.95. The Morgan fingerprint density at radius 1 is 1.29 bits per heavy atom. The van der Waals surface area contributed by atoms with E-state index in [0.29, 0.717) is 5.41 Å². The van der Waals surface area contributed by atoms with Crippen LogP contribution in [0.3, 0.4) is 0 Å². The summed E-state index contributed by atoms with van der Waals surface area (Å²) in [6.07, 6.45) is 8.12. The summed E-state index contributed by atoms with van der Waals surface area (Å²) in [7, 11) is 0. The molecule has 0 heterocycles. The van der Waals surface area contributed by atoms with Crippen molar-refractivity contribution in [1.29, 1.82) is 0 Å². The van der Waals surface area contributed by atoms with E-state index in [2.05, 4.69) is 20.8 Å².